The number of hydrogen-bond acceptors (Lipinski definition) is 6. The molecule has 1 heterocycles. The van der Waals surface area contributed by atoms with E-state index < -0.39 is 0 Å². The van der Waals surface area contributed by atoms with Gasteiger partial charge in [-0.05, 0) is 24.6 Å². The number of hydrogen-bond donors (Lipinski definition) is 2. The van der Waals surface area contributed by atoms with E-state index in [0.29, 0.717) is 25.1 Å². The predicted molar refractivity (Wildman–Crippen MR) is 72.3 cm³/mol. The molecule has 6 heteroatoms. The maximum atomic E-state index is 5.47. The number of aryl methyl sites for hydroxylation is 1. The summed E-state index contributed by atoms with van der Waals surface area (Å²) in [5.74, 6) is 0.547. The third-order valence-electron chi connectivity index (χ3n) is 2.50. The van der Waals surface area contributed by atoms with Crippen molar-refractivity contribution in [3.8, 4) is 0 Å². The molecule has 0 amide bonds. The van der Waals surface area contributed by atoms with Crippen LogP contribution < -0.4 is 10.6 Å². The van der Waals surface area contributed by atoms with Crippen LogP contribution in [0.2, 0.25) is 0 Å². The first-order valence-electron chi connectivity index (χ1n) is 6.13. The van der Waals surface area contributed by atoms with Crippen LogP contribution in [0.15, 0.2) is 28.7 Å². The number of nitrogens with one attached hydrogen (secondary N) is 2. The fraction of sp³-hybridized carbons (Fsp3) is 0.385. The molecule has 2 N–H and O–H groups in total. The molecule has 0 aliphatic rings. The summed E-state index contributed by atoms with van der Waals surface area (Å²) in [5.41, 5.74) is 2.11. The number of nitrogens with zero attached hydrogens (tertiary/aromatic N) is 2. The summed E-state index contributed by atoms with van der Waals surface area (Å²) < 4.78 is 10.4. The molecule has 0 bridgehead atoms. The van der Waals surface area contributed by atoms with Gasteiger partial charge in [-0.3, -0.25) is 0 Å². The fourth-order valence-electron chi connectivity index (χ4n) is 1.59. The van der Waals surface area contributed by atoms with Gasteiger partial charge in [-0.2, -0.15) is 0 Å². The first-order chi connectivity index (χ1) is 9.28. The quantitative estimate of drug-likeness (QED) is 0.742. The zero-order valence-corrected chi connectivity index (χ0v) is 11.1. The van der Waals surface area contributed by atoms with E-state index in [9.17, 15) is 0 Å². The molecule has 1 aromatic heterocycles. The number of aromatic nitrogens is 2. The molecule has 6 nitrogen and oxygen atoms in total. The Balaban J connectivity index is 1.87. The average Bonchev–Trinajstić information content (AvgIpc) is 2.82. The van der Waals surface area contributed by atoms with Crippen LogP contribution in [-0.2, 0) is 11.3 Å². The monoisotopic (exact) mass is 262 g/mol. The second kappa shape index (κ2) is 6.86. The maximum Gasteiger partial charge on any atom is 0.320 e. The minimum absolute atomic E-state index is 0.397. The van der Waals surface area contributed by atoms with Gasteiger partial charge in [-0.15, -0.1) is 5.10 Å². The molecule has 0 saturated heterocycles. The van der Waals surface area contributed by atoms with Gasteiger partial charge in [-0.1, -0.05) is 17.2 Å². The van der Waals surface area contributed by atoms with Crippen molar-refractivity contribution in [3.05, 3.63) is 35.7 Å². The van der Waals surface area contributed by atoms with Crippen molar-refractivity contribution in [1.29, 1.82) is 0 Å². The highest BCUT2D eigenvalue weighted by atomic mass is 16.5. The van der Waals surface area contributed by atoms with E-state index in [4.69, 9.17) is 9.15 Å². The molecule has 0 unspecified atom stereocenters. The van der Waals surface area contributed by atoms with E-state index in [1.807, 2.05) is 31.2 Å². The lowest BCUT2D eigenvalue weighted by molar-refractivity contribution is 0.198. The van der Waals surface area contributed by atoms with Crippen LogP contribution in [-0.4, -0.2) is 30.5 Å². The predicted octanol–water partition coefficient (Wildman–Crippen LogP) is 1.86. The topological polar surface area (TPSA) is 72.2 Å². The summed E-state index contributed by atoms with van der Waals surface area (Å²) in [7, 11) is 1.66. The summed E-state index contributed by atoms with van der Waals surface area (Å²) in [5, 5.41) is 14.1. The summed E-state index contributed by atoms with van der Waals surface area (Å²) in [4.78, 5) is 0. The smallest absolute Gasteiger partial charge is 0.320 e. The van der Waals surface area contributed by atoms with E-state index in [0.717, 1.165) is 12.2 Å². The molecule has 102 valence electrons. The van der Waals surface area contributed by atoms with Crippen LogP contribution in [0.4, 0.5) is 11.7 Å². The molecule has 0 spiro atoms. The van der Waals surface area contributed by atoms with Crippen molar-refractivity contribution < 1.29 is 9.15 Å². The van der Waals surface area contributed by atoms with E-state index >= 15 is 0 Å². The van der Waals surface area contributed by atoms with Crippen LogP contribution in [0.1, 0.15) is 11.5 Å². The normalized spacial score (nSPS) is 10.6. The summed E-state index contributed by atoms with van der Waals surface area (Å²) in [6.45, 7) is 3.97. The molecular weight excluding hydrogens is 244 g/mol. The van der Waals surface area contributed by atoms with Gasteiger partial charge in [0.15, 0.2) is 0 Å². The standard InChI is InChI=1S/C13H18N4O2/c1-10-4-3-5-11(8-10)15-13-17-16-12(19-13)9-14-6-7-18-2/h3-5,8,14H,6-7,9H2,1-2H3,(H,15,17). The molecule has 2 aromatic rings. The fourth-order valence-corrected chi connectivity index (χ4v) is 1.59. The van der Waals surface area contributed by atoms with Crippen LogP contribution in [0.25, 0.3) is 0 Å². The Morgan fingerprint density at radius 1 is 1.32 bits per heavy atom. The van der Waals surface area contributed by atoms with Crippen molar-refractivity contribution in [3.63, 3.8) is 0 Å². The lowest BCUT2D eigenvalue weighted by Gasteiger charge is -2.02. The average molecular weight is 262 g/mol. The number of ether oxygens (including phenoxy) is 1. The van der Waals surface area contributed by atoms with E-state index in [-0.39, 0.29) is 0 Å². The van der Waals surface area contributed by atoms with Gasteiger partial charge in [0, 0.05) is 19.3 Å². The molecule has 0 aliphatic heterocycles. The van der Waals surface area contributed by atoms with Gasteiger partial charge < -0.3 is 19.8 Å². The lowest BCUT2D eigenvalue weighted by Crippen LogP contribution is -2.18. The molecule has 0 saturated carbocycles. The summed E-state index contributed by atoms with van der Waals surface area (Å²) >= 11 is 0. The first-order valence-corrected chi connectivity index (χ1v) is 6.13. The second-order valence-corrected chi connectivity index (χ2v) is 4.17. The second-order valence-electron chi connectivity index (χ2n) is 4.17. The number of benzene rings is 1. The van der Waals surface area contributed by atoms with Crippen molar-refractivity contribution >= 4 is 11.7 Å². The molecular formula is C13H18N4O2. The molecule has 0 fully saturated rings. The molecule has 0 aliphatic carbocycles. The SMILES string of the molecule is COCCNCc1nnc(Nc2cccc(C)c2)o1. The third-order valence-corrected chi connectivity index (χ3v) is 2.50. The third kappa shape index (κ3) is 4.35. The van der Waals surface area contributed by atoms with Crippen molar-refractivity contribution in [2.24, 2.45) is 0 Å². The van der Waals surface area contributed by atoms with Crippen molar-refractivity contribution in [1.82, 2.24) is 15.5 Å². The summed E-state index contributed by atoms with van der Waals surface area (Å²) in [6.07, 6.45) is 0. The molecule has 2 rings (SSSR count). The Morgan fingerprint density at radius 3 is 3.00 bits per heavy atom. The number of anilines is 2. The van der Waals surface area contributed by atoms with Crippen LogP contribution >= 0.6 is 0 Å². The van der Waals surface area contributed by atoms with Gasteiger partial charge in [0.05, 0.1) is 13.2 Å². The number of methoxy groups -OCH3 is 1. The Kier molecular flexibility index (Phi) is 4.88. The van der Waals surface area contributed by atoms with Crippen LogP contribution in [0.3, 0.4) is 0 Å². The van der Waals surface area contributed by atoms with Gasteiger partial charge in [0.1, 0.15) is 0 Å². The van der Waals surface area contributed by atoms with Crippen LogP contribution in [0, 0.1) is 6.92 Å². The van der Waals surface area contributed by atoms with E-state index in [2.05, 4.69) is 20.8 Å². The first kappa shape index (κ1) is 13.5. The van der Waals surface area contributed by atoms with Crippen LogP contribution in [0.5, 0.6) is 0 Å². The van der Waals surface area contributed by atoms with Crippen molar-refractivity contribution in [2.45, 2.75) is 13.5 Å². The molecule has 0 atom stereocenters. The highest BCUT2D eigenvalue weighted by molar-refractivity contribution is 5.52. The van der Waals surface area contributed by atoms with E-state index in [1.165, 1.54) is 5.56 Å². The Labute approximate surface area is 112 Å². The Hall–Kier alpha value is -1.92. The number of rotatable bonds is 7. The molecule has 19 heavy (non-hydrogen) atoms. The highest BCUT2D eigenvalue weighted by Crippen LogP contribution is 2.16. The van der Waals surface area contributed by atoms with Gasteiger partial charge in [-0.25, -0.2) is 0 Å². The van der Waals surface area contributed by atoms with Gasteiger partial charge >= 0.3 is 6.01 Å². The highest BCUT2D eigenvalue weighted by Gasteiger charge is 2.05. The van der Waals surface area contributed by atoms with E-state index in [1.54, 1.807) is 7.11 Å². The largest absolute Gasteiger partial charge is 0.406 e. The maximum absolute atomic E-state index is 5.47. The van der Waals surface area contributed by atoms with Gasteiger partial charge in [0.25, 0.3) is 0 Å². The Morgan fingerprint density at radius 2 is 2.21 bits per heavy atom. The van der Waals surface area contributed by atoms with Crippen molar-refractivity contribution in [2.75, 3.05) is 25.6 Å². The Bertz CT molecular complexity index is 513. The minimum atomic E-state index is 0.397. The molecule has 1 aromatic carbocycles. The van der Waals surface area contributed by atoms with Gasteiger partial charge in [0.2, 0.25) is 5.89 Å². The minimum Gasteiger partial charge on any atom is -0.406 e. The lowest BCUT2D eigenvalue weighted by atomic mass is 10.2. The molecule has 0 radical (unpaired) electrons. The zero-order valence-electron chi connectivity index (χ0n) is 11.1. The summed E-state index contributed by atoms with van der Waals surface area (Å²) in [6, 6.07) is 8.37. The zero-order chi connectivity index (χ0) is 13.5.